The SMILES string of the molecule is CCCNC(C)(CO)CC(C)N(C)CCc1ccccn1. The summed E-state index contributed by atoms with van der Waals surface area (Å²) in [6.45, 7) is 8.57. The van der Waals surface area contributed by atoms with E-state index in [0.29, 0.717) is 6.04 Å². The number of likely N-dealkylation sites (N-methyl/N-ethyl adjacent to an activating group) is 1. The lowest BCUT2D eigenvalue weighted by molar-refractivity contribution is 0.127. The molecule has 4 heteroatoms. The lowest BCUT2D eigenvalue weighted by Crippen LogP contribution is -2.50. The van der Waals surface area contributed by atoms with Crippen LogP contribution < -0.4 is 5.32 Å². The molecule has 2 atom stereocenters. The van der Waals surface area contributed by atoms with E-state index >= 15 is 0 Å². The smallest absolute Gasteiger partial charge is 0.0611 e. The zero-order chi connectivity index (χ0) is 15.7. The first-order valence-corrected chi connectivity index (χ1v) is 7.97. The Bertz CT molecular complexity index is 385. The summed E-state index contributed by atoms with van der Waals surface area (Å²) in [5.41, 5.74) is 0.930. The molecular weight excluding hydrogens is 262 g/mol. The van der Waals surface area contributed by atoms with Crippen molar-refractivity contribution in [3.05, 3.63) is 30.1 Å². The van der Waals surface area contributed by atoms with E-state index < -0.39 is 0 Å². The molecular formula is C17H31N3O. The van der Waals surface area contributed by atoms with Gasteiger partial charge in [0.25, 0.3) is 0 Å². The molecule has 0 aliphatic carbocycles. The molecule has 0 aromatic carbocycles. The van der Waals surface area contributed by atoms with Crippen molar-refractivity contribution < 1.29 is 5.11 Å². The highest BCUT2D eigenvalue weighted by molar-refractivity contribution is 5.03. The van der Waals surface area contributed by atoms with Crippen molar-refractivity contribution in [2.24, 2.45) is 0 Å². The van der Waals surface area contributed by atoms with E-state index in [0.717, 1.165) is 38.0 Å². The lowest BCUT2D eigenvalue weighted by atomic mass is 9.93. The highest BCUT2D eigenvalue weighted by atomic mass is 16.3. The van der Waals surface area contributed by atoms with Crippen LogP contribution in [0.2, 0.25) is 0 Å². The zero-order valence-electron chi connectivity index (χ0n) is 14.0. The standard InChI is InChI=1S/C17H31N3O/c1-5-10-19-17(3,14-21)13-15(2)20(4)12-9-16-8-6-7-11-18-16/h6-8,11,15,19,21H,5,9-10,12-14H2,1-4H3. The van der Waals surface area contributed by atoms with Crippen LogP contribution in [0.3, 0.4) is 0 Å². The van der Waals surface area contributed by atoms with Crippen molar-refractivity contribution in [2.45, 2.75) is 51.6 Å². The Hall–Kier alpha value is -0.970. The maximum Gasteiger partial charge on any atom is 0.0611 e. The Labute approximate surface area is 129 Å². The second kappa shape index (κ2) is 9.13. The Morgan fingerprint density at radius 2 is 2.19 bits per heavy atom. The summed E-state index contributed by atoms with van der Waals surface area (Å²) in [4.78, 5) is 6.71. The Morgan fingerprint density at radius 3 is 2.76 bits per heavy atom. The van der Waals surface area contributed by atoms with Crippen LogP contribution in [0.5, 0.6) is 0 Å². The van der Waals surface area contributed by atoms with Gasteiger partial charge in [-0.25, -0.2) is 0 Å². The second-order valence-electron chi connectivity index (χ2n) is 6.25. The maximum atomic E-state index is 9.66. The zero-order valence-corrected chi connectivity index (χ0v) is 14.0. The van der Waals surface area contributed by atoms with Gasteiger partial charge in [-0.3, -0.25) is 4.98 Å². The van der Waals surface area contributed by atoms with Crippen LogP contribution in [-0.2, 0) is 6.42 Å². The van der Waals surface area contributed by atoms with Gasteiger partial charge in [0.05, 0.1) is 6.61 Å². The highest BCUT2D eigenvalue weighted by Gasteiger charge is 2.26. The van der Waals surface area contributed by atoms with Gasteiger partial charge in [0.15, 0.2) is 0 Å². The number of hydrogen-bond acceptors (Lipinski definition) is 4. The van der Waals surface area contributed by atoms with Gasteiger partial charge in [0.2, 0.25) is 0 Å². The van der Waals surface area contributed by atoms with E-state index in [4.69, 9.17) is 0 Å². The van der Waals surface area contributed by atoms with E-state index in [9.17, 15) is 5.11 Å². The van der Waals surface area contributed by atoms with Gasteiger partial charge < -0.3 is 15.3 Å². The van der Waals surface area contributed by atoms with Crippen molar-refractivity contribution in [1.82, 2.24) is 15.2 Å². The van der Waals surface area contributed by atoms with Crippen molar-refractivity contribution in [1.29, 1.82) is 0 Å². The molecule has 0 spiro atoms. The van der Waals surface area contributed by atoms with E-state index in [-0.39, 0.29) is 12.1 Å². The molecule has 1 aromatic rings. The van der Waals surface area contributed by atoms with Gasteiger partial charge in [0, 0.05) is 36.4 Å². The fourth-order valence-electron chi connectivity index (χ4n) is 2.48. The third-order valence-corrected chi connectivity index (χ3v) is 4.10. The monoisotopic (exact) mass is 293 g/mol. The minimum absolute atomic E-state index is 0.172. The van der Waals surface area contributed by atoms with Gasteiger partial charge >= 0.3 is 0 Å². The summed E-state index contributed by atoms with van der Waals surface area (Å²) in [5.74, 6) is 0. The van der Waals surface area contributed by atoms with Gasteiger partial charge in [-0.15, -0.1) is 0 Å². The number of rotatable bonds is 10. The number of aromatic nitrogens is 1. The van der Waals surface area contributed by atoms with Gasteiger partial charge in [0.1, 0.15) is 0 Å². The molecule has 0 fully saturated rings. The Morgan fingerprint density at radius 1 is 1.43 bits per heavy atom. The normalized spacial score (nSPS) is 15.9. The predicted octanol–water partition coefficient (Wildman–Crippen LogP) is 2.09. The number of hydrogen-bond donors (Lipinski definition) is 2. The molecule has 4 nitrogen and oxygen atoms in total. The lowest BCUT2D eigenvalue weighted by Gasteiger charge is -2.35. The van der Waals surface area contributed by atoms with E-state index in [1.54, 1.807) is 0 Å². The van der Waals surface area contributed by atoms with Crippen LogP contribution in [0, 0.1) is 0 Å². The summed E-state index contributed by atoms with van der Waals surface area (Å²) in [7, 11) is 2.14. The fourth-order valence-corrected chi connectivity index (χ4v) is 2.48. The fraction of sp³-hybridized carbons (Fsp3) is 0.706. The van der Waals surface area contributed by atoms with E-state index in [2.05, 4.69) is 49.1 Å². The molecule has 0 saturated carbocycles. The maximum absolute atomic E-state index is 9.66. The van der Waals surface area contributed by atoms with Gasteiger partial charge in [-0.05, 0) is 52.4 Å². The third kappa shape index (κ3) is 6.55. The average Bonchev–Trinajstić information content (AvgIpc) is 2.51. The van der Waals surface area contributed by atoms with Crippen LogP contribution in [0.4, 0.5) is 0 Å². The molecule has 21 heavy (non-hydrogen) atoms. The number of nitrogens with zero attached hydrogens (tertiary/aromatic N) is 2. The Balaban J connectivity index is 2.43. The molecule has 0 amide bonds. The van der Waals surface area contributed by atoms with Gasteiger partial charge in [-0.2, -0.15) is 0 Å². The summed E-state index contributed by atoms with van der Waals surface area (Å²) >= 11 is 0. The van der Waals surface area contributed by atoms with Crippen LogP contribution in [0.15, 0.2) is 24.4 Å². The molecule has 1 aromatic heterocycles. The predicted molar refractivity (Wildman–Crippen MR) is 88.4 cm³/mol. The molecule has 0 bridgehead atoms. The summed E-state index contributed by atoms with van der Waals surface area (Å²) < 4.78 is 0. The third-order valence-electron chi connectivity index (χ3n) is 4.10. The molecule has 0 radical (unpaired) electrons. The van der Waals surface area contributed by atoms with Crippen LogP contribution >= 0.6 is 0 Å². The topological polar surface area (TPSA) is 48.4 Å². The van der Waals surface area contributed by atoms with Gasteiger partial charge in [-0.1, -0.05) is 13.0 Å². The number of nitrogens with one attached hydrogen (secondary N) is 1. The molecule has 1 heterocycles. The molecule has 120 valence electrons. The van der Waals surface area contributed by atoms with Crippen LogP contribution in [0.1, 0.15) is 39.3 Å². The quantitative estimate of drug-likeness (QED) is 0.693. The van der Waals surface area contributed by atoms with Crippen molar-refractivity contribution in [3.63, 3.8) is 0 Å². The van der Waals surface area contributed by atoms with Crippen LogP contribution in [0.25, 0.3) is 0 Å². The summed E-state index contributed by atoms with van der Waals surface area (Å²) in [6, 6.07) is 6.46. The average molecular weight is 293 g/mol. The number of pyridine rings is 1. The molecule has 2 unspecified atom stereocenters. The first-order valence-electron chi connectivity index (χ1n) is 7.97. The molecule has 0 saturated heterocycles. The van der Waals surface area contributed by atoms with Crippen molar-refractivity contribution >= 4 is 0 Å². The van der Waals surface area contributed by atoms with Crippen molar-refractivity contribution in [2.75, 3.05) is 26.7 Å². The minimum atomic E-state index is -0.200. The molecule has 2 N–H and O–H groups in total. The molecule has 0 aliphatic heterocycles. The summed E-state index contributed by atoms with van der Waals surface area (Å²) in [5, 5.41) is 13.1. The van der Waals surface area contributed by atoms with Crippen molar-refractivity contribution in [3.8, 4) is 0 Å². The molecule has 1 rings (SSSR count). The van der Waals surface area contributed by atoms with Crippen LogP contribution in [-0.4, -0.2) is 53.3 Å². The van der Waals surface area contributed by atoms with E-state index in [1.807, 2.05) is 18.3 Å². The summed E-state index contributed by atoms with van der Waals surface area (Å²) in [6.07, 6.45) is 4.82. The second-order valence-corrected chi connectivity index (χ2v) is 6.25. The Kier molecular flexibility index (Phi) is 7.86. The first kappa shape index (κ1) is 18.1. The largest absolute Gasteiger partial charge is 0.394 e. The van der Waals surface area contributed by atoms with E-state index in [1.165, 1.54) is 0 Å². The number of aliphatic hydroxyl groups is 1. The highest BCUT2D eigenvalue weighted by Crippen LogP contribution is 2.15. The number of aliphatic hydroxyl groups excluding tert-OH is 1. The minimum Gasteiger partial charge on any atom is -0.394 e. The molecule has 0 aliphatic rings. The first-order chi connectivity index (χ1) is 10.0.